The minimum absolute atomic E-state index is 0.0474. The molecule has 0 N–H and O–H groups in total. The van der Waals surface area contributed by atoms with Crippen molar-refractivity contribution in [2.24, 2.45) is 0 Å². The molecule has 0 bridgehead atoms. The molecule has 2 aromatic rings. The Hall–Kier alpha value is -2.04. The lowest BCUT2D eigenvalue weighted by atomic mass is 10.1. The summed E-state index contributed by atoms with van der Waals surface area (Å²) in [7, 11) is 0. The lowest BCUT2D eigenvalue weighted by Crippen LogP contribution is -2.06. The Bertz CT molecular complexity index is 605. The van der Waals surface area contributed by atoms with Gasteiger partial charge in [-0.05, 0) is 36.2 Å². The van der Waals surface area contributed by atoms with Crippen molar-refractivity contribution in [2.75, 3.05) is 0 Å². The smallest absolute Gasteiger partial charge is 0.416 e. The molecule has 0 amide bonds. The summed E-state index contributed by atoms with van der Waals surface area (Å²) in [5, 5.41) is 0. The van der Waals surface area contributed by atoms with E-state index in [-0.39, 0.29) is 6.61 Å². The third-order valence-corrected chi connectivity index (χ3v) is 2.80. The average molecular weight is 284 g/mol. The first-order chi connectivity index (χ1) is 9.36. The van der Waals surface area contributed by atoms with Crippen molar-refractivity contribution >= 4 is 0 Å². The number of benzene rings is 2. The number of hydrogen-bond donors (Lipinski definition) is 0. The normalized spacial score (nSPS) is 11.4. The fraction of sp³-hybridized carbons (Fsp3) is 0.200. The molecule has 0 unspecified atom stereocenters. The zero-order valence-corrected chi connectivity index (χ0v) is 10.7. The first-order valence-corrected chi connectivity index (χ1v) is 5.91. The zero-order chi connectivity index (χ0) is 14.8. The van der Waals surface area contributed by atoms with Crippen molar-refractivity contribution in [3.8, 4) is 5.75 Å². The molecule has 2 rings (SSSR count). The molecule has 0 aromatic heterocycles. The SMILES string of the molecule is Cc1ccc(F)cc1OCc1cccc(C(F)(F)F)c1. The molecule has 0 aliphatic carbocycles. The van der Waals surface area contributed by atoms with E-state index in [9.17, 15) is 17.6 Å². The molecule has 0 heterocycles. The van der Waals surface area contributed by atoms with Crippen molar-refractivity contribution < 1.29 is 22.3 Å². The van der Waals surface area contributed by atoms with Crippen LogP contribution in [-0.4, -0.2) is 0 Å². The lowest BCUT2D eigenvalue weighted by molar-refractivity contribution is -0.137. The topological polar surface area (TPSA) is 9.23 Å². The van der Waals surface area contributed by atoms with E-state index >= 15 is 0 Å². The molecule has 2 aromatic carbocycles. The maximum Gasteiger partial charge on any atom is 0.416 e. The second kappa shape index (κ2) is 5.53. The predicted octanol–water partition coefficient (Wildman–Crippen LogP) is 4.73. The summed E-state index contributed by atoms with van der Waals surface area (Å²) in [6, 6.07) is 8.93. The van der Waals surface area contributed by atoms with Crippen LogP contribution in [0.5, 0.6) is 5.75 Å². The van der Waals surface area contributed by atoms with E-state index in [4.69, 9.17) is 4.74 Å². The number of hydrogen-bond acceptors (Lipinski definition) is 1. The van der Waals surface area contributed by atoms with Crippen LogP contribution < -0.4 is 4.74 Å². The Labute approximate surface area is 113 Å². The molecule has 106 valence electrons. The Balaban J connectivity index is 2.13. The molecule has 0 fully saturated rings. The van der Waals surface area contributed by atoms with Crippen LogP contribution in [0.1, 0.15) is 16.7 Å². The summed E-state index contributed by atoms with van der Waals surface area (Å²) in [6.45, 7) is 1.69. The minimum Gasteiger partial charge on any atom is -0.489 e. The molecule has 0 aliphatic heterocycles. The number of ether oxygens (including phenoxy) is 1. The van der Waals surface area contributed by atoms with Gasteiger partial charge in [0.15, 0.2) is 0 Å². The summed E-state index contributed by atoms with van der Waals surface area (Å²) >= 11 is 0. The van der Waals surface area contributed by atoms with E-state index in [1.54, 1.807) is 13.0 Å². The second-order valence-corrected chi connectivity index (χ2v) is 4.40. The van der Waals surface area contributed by atoms with Crippen molar-refractivity contribution in [2.45, 2.75) is 19.7 Å². The second-order valence-electron chi connectivity index (χ2n) is 4.40. The molecular weight excluding hydrogens is 272 g/mol. The van der Waals surface area contributed by atoms with Crippen LogP contribution in [-0.2, 0) is 12.8 Å². The van der Waals surface area contributed by atoms with Gasteiger partial charge in [-0.1, -0.05) is 18.2 Å². The van der Waals surface area contributed by atoms with E-state index in [0.717, 1.165) is 17.7 Å². The summed E-state index contributed by atoms with van der Waals surface area (Å²) in [4.78, 5) is 0. The summed E-state index contributed by atoms with van der Waals surface area (Å²) in [5.74, 6) is -0.128. The van der Waals surface area contributed by atoms with Crippen LogP contribution in [0.4, 0.5) is 17.6 Å². The maximum atomic E-state index is 13.1. The molecule has 0 atom stereocenters. The fourth-order valence-electron chi connectivity index (χ4n) is 1.73. The Morgan fingerprint density at radius 1 is 1.05 bits per heavy atom. The molecule has 0 saturated heterocycles. The van der Waals surface area contributed by atoms with Gasteiger partial charge in [0.2, 0.25) is 0 Å². The largest absolute Gasteiger partial charge is 0.489 e. The van der Waals surface area contributed by atoms with Gasteiger partial charge in [-0.25, -0.2) is 4.39 Å². The van der Waals surface area contributed by atoms with E-state index < -0.39 is 17.6 Å². The van der Waals surface area contributed by atoms with Crippen LogP contribution in [0.15, 0.2) is 42.5 Å². The van der Waals surface area contributed by atoms with Gasteiger partial charge >= 0.3 is 6.18 Å². The van der Waals surface area contributed by atoms with E-state index in [0.29, 0.717) is 11.3 Å². The molecule has 0 saturated carbocycles. The average Bonchev–Trinajstić information content (AvgIpc) is 2.39. The lowest BCUT2D eigenvalue weighted by Gasteiger charge is -2.11. The molecule has 0 spiro atoms. The highest BCUT2D eigenvalue weighted by atomic mass is 19.4. The van der Waals surface area contributed by atoms with Crippen LogP contribution in [0.3, 0.4) is 0 Å². The van der Waals surface area contributed by atoms with Crippen LogP contribution >= 0.6 is 0 Å². The summed E-state index contributed by atoms with van der Waals surface area (Å²) in [6.07, 6.45) is -4.38. The summed E-state index contributed by atoms with van der Waals surface area (Å²) < 4.78 is 56.1. The molecule has 0 aliphatic rings. The minimum atomic E-state index is -4.38. The van der Waals surface area contributed by atoms with Gasteiger partial charge in [0, 0.05) is 6.07 Å². The molecule has 5 heteroatoms. The van der Waals surface area contributed by atoms with Crippen molar-refractivity contribution in [3.05, 3.63) is 65.0 Å². The first kappa shape index (κ1) is 14.4. The Morgan fingerprint density at radius 3 is 2.50 bits per heavy atom. The highest BCUT2D eigenvalue weighted by molar-refractivity contribution is 5.33. The molecule has 20 heavy (non-hydrogen) atoms. The number of rotatable bonds is 3. The number of halogens is 4. The zero-order valence-electron chi connectivity index (χ0n) is 10.7. The number of aryl methyl sites for hydroxylation is 1. The fourth-order valence-corrected chi connectivity index (χ4v) is 1.73. The third-order valence-electron chi connectivity index (χ3n) is 2.80. The third kappa shape index (κ3) is 3.50. The molecular formula is C15H12F4O. The van der Waals surface area contributed by atoms with Gasteiger partial charge in [-0.15, -0.1) is 0 Å². The maximum absolute atomic E-state index is 13.1. The predicted molar refractivity (Wildman–Crippen MR) is 66.9 cm³/mol. The van der Waals surface area contributed by atoms with Gasteiger partial charge in [-0.2, -0.15) is 13.2 Å². The quantitative estimate of drug-likeness (QED) is 0.740. The van der Waals surface area contributed by atoms with E-state index in [2.05, 4.69) is 0 Å². The van der Waals surface area contributed by atoms with Gasteiger partial charge in [0.05, 0.1) is 5.56 Å². The summed E-state index contributed by atoms with van der Waals surface area (Å²) in [5.41, 5.74) is 0.372. The first-order valence-electron chi connectivity index (χ1n) is 5.91. The van der Waals surface area contributed by atoms with Crippen molar-refractivity contribution in [1.29, 1.82) is 0 Å². The van der Waals surface area contributed by atoms with Crippen molar-refractivity contribution in [3.63, 3.8) is 0 Å². The van der Waals surface area contributed by atoms with Crippen LogP contribution in [0.2, 0.25) is 0 Å². The molecule has 0 radical (unpaired) electrons. The van der Waals surface area contributed by atoms with Crippen LogP contribution in [0.25, 0.3) is 0 Å². The van der Waals surface area contributed by atoms with Gasteiger partial charge in [0.1, 0.15) is 18.2 Å². The van der Waals surface area contributed by atoms with E-state index in [1.807, 2.05) is 0 Å². The monoisotopic (exact) mass is 284 g/mol. The van der Waals surface area contributed by atoms with Crippen LogP contribution in [0, 0.1) is 12.7 Å². The van der Waals surface area contributed by atoms with Gasteiger partial charge in [0.25, 0.3) is 0 Å². The van der Waals surface area contributed by atoms with Gasteiger partial charge < -0.3 is 4.74 Å². The highest BCUT2D eigenvalue weighted by Crippen LogP contribution is 2.30. The highest BCUT2D eigenvalue weighted by Gasteiger charge is 2.30. The van der Waals surface area contributed by atoms with E-state index in [1.165, 1.54) is 24.3 Å². The Kier molecular flexibility index (Phi) is 3.97. The molecule has 1 nitrogen and oxygen atoms in total. The van der Waals surface area contributed by atoms with Gasteiger partial charge in [-0.3, -0.25) is 0 Å². The standard InChI is InChI=1S/C15H12F4O/c1-10-5-6-13(16)8-14(10)20-9-11-3-2-4-12(7-11)15(17,18)19/h2-8H,9H2,1H3. The Morgan fingerprint density at radius 2 is 1.80 bits per heavy atom. The van der Waals surface area contributed by atoms with Crippen molar-refractivity contribution in [1.82, 2.24) is 0 Å². The number of alkyl halides is 3.